The molecule has 0 saturated heterocycles. The molecular formula is C10H8F3N3. The van der Waals surface area contributed by atoms with Gasteiger partial charge in [-0.25, -0.2) is 4.98 Å². The fraction of sp³-hybridized carbons (Fsp3) is 0.400. The largest absolute Gasteiger partial charge is 0.400 e. The molecule has 0 radical (unpaired) electrons. The Morgan fingerprint density at radius 2 is 2.06 bits per heavy atom. The molecule has 0 amide bonds. The molecule has 0 aliphatic heterocycles. The van der Waals surface area contributed by atoms with E-state index >= 15 is 0 Å². The van der Waals surface area contributed by atoms with Crippen molar-refractivity contribution in [2.75, 3.05) is 0 Å². The highest BCUT2D eigenvalue weighted by Gasteiger charge is 2.65. The van der Waals surface area contributed by atoms with Crippen LogP contribution in [0.4, 0.5) is 13.2 Å². The van der Waals surface area contributed by atoms with Crippen LogP contribution >= 0.6 is 0 Å². The first kappa shape index (κ1) is 9.62. The summed E-state index contributed by atoms with van der Waals surface area (Å²) < 4.78 is 40.1. The van der Waals surface area contributed by atoms with Crippen LogP contribution in [-0.2, 0) is 5.41 Å². The predicted octanol–water partition coefficient (Wildman–Crippen LogP) is 2.32. The van der Waals surface area contributed by atoms with Crippen LogP contribution in [0.5, 0.6) is 0 Å². The molecule has 6 heteroatoms. The summed E-state index contributed by atoms with van der Waals surface area (Å²) in [4.78, 5) is 7.82. The second kappa shape index (κ2) is 2.75. The van der Waals surface area contributed by atoms with Crippen molar-refractivity contribution < 1.29 is 13.2 Å². The molecule has 1 fully saturated rings. The van der Waals surface area contributed by atoms with Gasteiger partial charge in [-0.05, 0) is 12.8 Å². The van der Waals surface area contributed by atoms with Crippen LogP contribution in [0.25, 0.3) is 5.65 Å². The Balaban J connectivity index is 2.14. The number of hydrogen-bond acceptors (Lipinski definition) is 2. The zero-order chi connectivity index (χ0) is 11.4. The number of nitrogens with zero attached hydrogens (tertiary/aromatic N) is 3. The van der Waals surface area contributed by atoms with E-state index in [4.69, 9.17) is 0 Å². The van der Waals surface area contributed by atoms with E-state index in [0.29, 0.717) is 5.65 Å². The van der Waals surface area contributed by atoms with Gasteiger partial charge in [0.15, 0.2) is 5.65 Å². The minimum atomic E-state index is -4.21. The Bertz CT molecular complexity index is 506. The minimum absolute atomic E-state index is 0.105. The summed E-state index contributed by atoms with van der Waals surface area (Å²) in [5.74, 6) is 0. The highest BCUT2D eigenvalue weighted by molar-refractivity contribution is 5.41. The smallest absolute Gasteiger partial charge is 0.304 e. The third-order valence-corrected chi connectivity index (χ3v) is 3.05. The molecule has 0 spiro atoms. The summed E-state index contributed by atoms with van der Waals surface area (Å²) in [7, 11) is 0. The summed E-state index contributed by atoms with van der Waals surface area (Å²) in [6.45, 7) is 0. The SMILES string of the molecule is FC(F)(F)C1(c2cn3ccncc3n2)CC1. The van der Waals surface area contributed by atoms with Gasteiger partial charge in [-0.1, -0.05) is 0 Å². The van der Waals surface area contributed by atoms with Gasteiger partial charge in [-0.3, -0.25) is 4.98 Å². The molecule has 84 valence electrons. The van der Waals surface area contributed by atoms with Gasteiger partial charge in [0, 0.05) is 18.6 Å². The number of alkyl halides is 3. The first-order valence-corrected chi connectivity index (χ1v) is 4.89. The maximum atomic E-state index is 12.8. The molecule has 0 unspecified atom stereocenters. The molecule has 1 aliphatic carbocycles. The van der Waals surface area contributed by atoms with E-state index in [2.05, 4.69) is 9.97 Å². The Morgan fingerprint density at radius 1 is 1.31 bits per heavy atom. The molecule has 2 aromatic rings. The second-order valence-electron chi connectivity index (χ2n) is 4.05. The third-order valence-electron chi connectivity index (χ3n) is 3.05. The van der Waals surface area contributed by atoms with Gasteiger partial charge < -0.3 is 4.40 Å². The van der Waals surface area contributed by atoms with E-state index in [-0.39, 0.29) is 18.5 Å². The van der Waals surface area contributed by atoms with Crippen molar-refractivity contribution in [2.45, 2.75) is 24.4 Å². The van der Waals surface area contributed by atoms with Gasteiger partial charge in [0.1, 0.15) is 5.41 Å². The Morgan fingerprint density at radius 3 is 2.62 bits per heavy atom. The number of hydrogen-bond donors (Lipinski definition) is 0. The Labute approximate surface area is 88.9 Å². The van der Waals surface area contributed by atoms with E-state index in [1.54, 1.807) is 10.6 Å². The zero-order valence-electron chi connectivity index (χ0n) is 8.20. The molecule has 3 nitrogen and oxygen atoms in total. The minimum Gasteiger partial charge on any atom is -0.304 e. The molecule has 0 bridgehead atoms. The predicted molar refractivity (Wildman–Crippen MR) is 50.0 cm³/mol. The highest BCUT2D eigenvalue weighted by atomic mass is 19.4. The highest BCUT2D eigenvalue weighted by Crippen LogP contribution is 2.58. The zero-order valence-corrected chi connectivity index (χ0v) is 8.20. The lowest BCUT2D eigenvalue weighted by Crippen LogP contribution is -2.28. The Hall–Kier alpha value is -1.59. The molecule has 3 rings (SSSR count). The average molecular weight is 227 g/mol. The summed E-state index contributed by atoms with van der Waals surface area (Å²) >= 11 is 0. The number of rotatable bonds is 1. The van der Waals surface area contributed by atoms with Crippen LogP contribution in [0.3, 0.4) is 0 Å². The van der Waals surface area contributed by atoms with Crippen molar-refractivity contribution in [1.29, 1.82) is 0 Å². The monoisotopic (exact) mass is 227 g/mol. The molecule has 2 aromatic heterocycles. The molecule has 1 aliphatic rings. The van der Waals surface area contributed by atoms with Crippen LogP contribution in [-0.4, -0.2) is 20.5 Å². The van der Waals surface area contributed by atoms with Gasteiger partial charge in [0.2, 0.25) is 0 Å². The van der Waals surface area contributed by atoms with E-state index in [1.165, 1.54) is 18.6 Å². The fourth-order valence-corrected chi connectivity index (χ4v) is 1.88. The van der Waals surface area contributed by atoms with Crippen LogP contribution in [0, 0.1) is 0 Å². The van der Waals surface area contributed by atoms with E-state index in [9.17, 15) is 13.2 Å². The lowest BCUT2D eigenvalue weighted by atomic mass is 10.0. The lowest BCUT2D eigenvalue weighted by molar-refractivity contribution is -0.161. The summed E-state index contributed by atoms with van der Waals surface area (Å²) in [6, 6.07) is 0. The van der Waals surface area contributed by atoms with Crippen molar-refractivity contribution in [1.82, 2.24) is 14.4 Å². The summed E-state index contributed by atoms with van der Waals surface area (Å²) in [5, 5.41) is 0. The van der Waals surface area contributed by atoms with Crippen molar-refractivity contribution in [3.05, 3.63) is 30.5 Å². The first-order valence-electron chi connectivity index (χ1n) is 4.89. The van der Waals surface area contributed by atoms with Crippen molar-refractivity contribution in [3.8, 4) is 0 Å². The van der Waals surface area contributed by atoms with Gasteiger partial charge in [0.25, 0.3) is 0 Å². The first-order chi connectivity index (χ1) is 7.53. The van der Waals surface area contributed by atoms with E-state index in [1.807, 2.05) is 0 Å². The molecule has 16 heavy (non-hydrogen) atoms. The van der Waals surface area contributed by atoms with E-state index < -0.39 is 11.6 Å². The van der Waals surface area contributed by atoms with E-state index in [0.717, 1.165) is 0 Å². The van der Waals surface area contributed by atoms with Crippen molar-refractivity contribution in [2.24, 2.45) is 0 Å². The van der Waals surface area contributed by atoms with Gasteiger partial charge in [0.05, 0.1) is 11.9 Å². The van der Waals surface area contributed by atoms with Crippen LogP contribution in [0.1, 0.15) is 18.5 Å². The molecular weight excluding hydrogens is 219 g/mol. The number of fused-ring (bicyclic) bond motifs is 1. The fourth-order valence-electron chi connectivity index (χ4n) is 1.88. The average Bonchev–Trinajstić information content (AvgIpc) is 2.92. The maximum absolute atomic E-state index is 12.8. The van der Waals surface area contributed by atoms with Crippen LogP contribution in [0.2, 0.25) is 0 Å². The molecule has 2 heterocycles. The molecule has 0 N–H and O–H groups in total. The molecule has 0 aromatic carbocycles. The second-order valence-corrected chi connectivity index (χ2v) is 4.05. The number of aromatic nitrogens is 3. The topological polar surface area (TPSA) is 30.2 Å². The maximum Gasteiger partial charge on any atom is 0.400 e. The molecule has 1 saturated carbocycles. The number of imidazole rings is 1. The van der Waals surface area contributed by atoms with Crippen molar-refractivity contribution in [3.63, 3.8) is 0 Å². The normalized spacial score (nSPS) is 18.9. The quantitative estimate of drug-likeness (QED) is 0.748. The lowest BCUT2D eigenvalue weighted by Gasteiger charge is -2.16. The third kappa shape index (κ3) is 1.15. The van der Waals surface area contributed by atoms with Crippen LogP contribution < -0.4 is 0 Å². The van der Waals surface area contributed by atoms with Gasteiger partial charge in [-0.15, -0.1) is 0 Å². The standard InChI is InChI=1S/C10H8F3N3/c11-10(12,13)9(1-2-9)7-6-16-4-3-14-5-8(16)15-7/h3-6H,1-2H2. The molecule has 0 atom stereocenters. The van der Waals surface area contributed by atoms with Gasteiger partial charge in [-0.2, -0.15) is 13.2 Å². The van der Waals surface area contributed by atoms with Gasteiger partial charge >= 0.3 is 6.18 Å². The van der Waals surface area contributed by atoms with Crippen molar-refractivity contribution >= 4 is 5.65 Å². The summed E-state index contributed by atoms with van der Waals surface area (Å²) in [6.07, 6.45) is 2.07. The number of halogens is 3. The Kier molecular flexibility index (Phi) is 1.65. The summed E-state index contributed by atoms with van der Waals surface area (Å²) in [5.41, 5.74) is -1.15. The van der Waals surface area contributed by atoms with Crippen LogP contribution in [0.15, 0.2) is 24.8 Å².